The van der Waals surface area contributed by atoms with E-state index in [9.17, 15) is 22.7 Å². The minimum atomic E-state index is -3.77. The van der Waals surface area contributed by atoms with E-state index in [1.807, 2.05) is 0 Å². The summed E-state index contributed by atoms with van der Waals surface area (Å²) in [5, 5.41) is 15.6. The number of oxime groups is 1. The number of nitrogens with zero attached hydrogens (tertiary/aromatic N) is 2. The van der Waals surface area contributed by atoms with Crippen LogP contribution in [0.25, 0.3) is 0 Å². The molecule has 1 saturated heterocycles. The third-order valence-corrected chi connectivity index (χ3v) is 7.67. The molecule has 0 spiro atoms. The number of rotatable bonds is 9. The summed E-state index contributed by atoms with van der Waals surface area (Å²) in [7, 11) is -3.77. The number of benzene rings is 1. The molecule has 2 heterocycles. The highest BCUT2D eigenvalue weighted by Crippen LogP contribution is 2.23. The molecule has 1 aliphatic carbocycles. The number of amides is 1. The van der Waals surface area contributed by atoms with Crippen LogP contribution in [0.5, 0.6) is 0 Å². The molecular formula is C21H25FN4O6S2. The second-order valence-corrected chi connectivity index (χ2v) is 10.8. The minimum Gasteiger partial charge on any atom is -0.393 e. The quantitative estimate of drug-likeness (QED) is 0.345. The average molecular weight is 513 g/mol. The zero-order valence-corrected chi connectivity index (χ0v) is 19.8. The topological polar surface area (TPSA) is 139 Å². The van der Waals surface area contributed by atoms with Crippen LogP contribution < -0.4 is 10.0 Å². The number of aliphatic hydroxyl groups is 1. The summed E-state index contributed by atoms with van der Waals surface area (Å²) >= 11 is 0.658. The standard InChI is InChI=1S/C21H25FN4O6S2/c22-18-12-23-21(33-18)25-20(28)19(26-32-15-6-5-14(27)10-15)13-3-7-17(8-4-13)34(29,30)24-11-16-2-1-9-31-16/h3-4,7-8,12,14-16,24,27H,1-2,5-6,9-11H2,(H,23,25,28)/b26-19+/t14-,15-,16-/m1/s1. The first-order valence-electron chi connectivity index (χ1n) is 10.9. The zero-order valence-electron chi connectivity index (χ0n) is 18.1. The Morgan fingerprint density at radius 2 is 2.09 bits per heavy atom. The molecule has 3 N–H and O–H groups in total. The van der Waals surface area contributed by atoms with E-state index < -0.39 is 27.2 Å². The van der Waals surface area contributed by atoms with Crippen LogP contribution in [0.3, 0.4) is 0 Å². The third kappa shape index (κ3) is 6.36. The number of nitrogens with one attached hydrogen (secondary N) is 2. The Bertz CT molecular complexity index is 1130. The molecule has 13 heteroatoms. The lowest BCUT2D eigenvalue weighted by atomic mass is 10.1. The van der Waals surface area contributed by atoms with Crippen LogP contribution in [0, 0.1) is 5.13 Å². The van der Waals surface area contributed by atoms with Crippen molar-refractivity contribution in [2.24, 2.45) is 5.16 Å². The van der Waals surface area contributed by atoms with Crippen molar-refractivity contribution in [1.29, 1.82) is 0 Å². The molecular weight excluding hydrogens is 487 g/mol. The van der Waals surface area contributed by atoms with Gasteiger partial charge in [-0.15, -0.1) is 0 Å². The monoisotopic (exact) mass is 512 g/mol. The first-order chi connectivity index (χ1) is 16.3. The van der Waals surface area contributed by atoms with Crippen molar-refractivity contribution in [3.05, 3.63) is 41.2 Å². The fourth-order valence-electron chi connectivity index (χ4n) is 3.72. The molecule has 1 aromatic carbocycles. The van der Waals surface area contributed by atoms with Crippen LogP contribution in [0.4, 0.5) is 9.52 Å². The molecule has 184 valence electrons. The summed E-state index contributed by atoms with van der Waals surface area (Å²) in [5.41, 5.74) is 0.166. The number of halogens is 1. The van der Waals surface area contributed by atoms with Gasteiger partial charge in [0.05, 0.1) is 23.3 Å². The SMILES string of the molecule is O=C(Nc1ncc(F)s1)/C(=N/O[C@@H]1CC[C@@H](O)C1)c1ccc(S(=O)(=O)NC[C@H]2CCCO2)cc1. The van der Waals surface area contributed by atoms with Crippen molar-refractivity contribution in [3.63, 3.8) is 0 Å². The minimum absolute atomic E-state index is 0.0239. The van der Waals surface area contributed by atoms with Crippen LogP contribution in [0.15, 0.2) is 40.5 Å². The Labute approximate surface area is 200 Å². The molecule has 10 nitrogen and oxygen atoms in total. The van der Waals surface area contributed by atoms with Crippen LogP contribution >= 0.6 is 11.3 Å². The molecule has 34 heavy (non-hydrogen) atoms. The summed E-state index contributed by atoms with van der Waals surface area (Å²) in [6.07, 6.45) is 3.27. The van der Waals surface area contributed by atoms with Gasteiger partial charge in [0, 0.05) is 25.1 Å². The van der Waals surface area contributed by atoms with Crippen LogP contribution in [0.2, 0.25) is 0 Å². The van der Waals surface area contributed by atoms with Crippen molar-refractivity contribution in [2.75, 3.05) is 18.5 Å². The van der Waals surface area contributed by atoms with Gasteiger partial charge in [0.1, 0.15) is 6.10 Å². The number of hydrogen-bond donors (Lipinski definition) is 3. The number of hydrogen-bond acceptors (Lipinski definition) is 9. The Morgan fingerprint density at radius 3 is 2.71 bits per heavy atom. The Hall–Kier alpha value is -2.45. The Kier molecular flexibility index (Phi) is 7.88. The highest BCUT2D eigenvalue weighted by Gasteiger charge is 2.26. The maximum atomic E-state index is 13.3. The summed E-state index contributed by atoms with van der Waals surface area (Å²) in [5.74, 6) is -0.694. The molecule has 3 atom stereocenters. The van der Waals surface area contributed by atoms with Crippen molar-refractivity contribution in [3.8, 4) is 0 Å². The molecule has 2 aliphatic rings. The Balaban J connectivity index is 1.50. The van der Waals surface area contributed by atoms with E-state index in [1.165, 1.54) is 24.3 Å². The van der Waals surface area contributed by atoms with Crippen LogP contribution in [-0.4, -0.2) is 61.6 Å². The number of ether oxygens (including phenoxy) is 1. The highest BCUT2D eigenvalue weighted by atomic mass is 32.2. The van der Waals surface area contributed by atoms with Gasteiger partial charge >= 0.3 is 0 Å². The number of anilines is 1. The lowest BCUT2D eigenvalue weighted by Crippen LogP contribution is -2.31. The molecule has 0 unspecified atom stereocenters. The number of carbonyl (C=O) groups is 1. The van der Waals surface area contributed by atoms with Crippen LogP contribution in [-0.2, 0) is 24.4 Å². The number of aromatic nitrogens is 1. The van der Waals surface area contributed by atoms with Gasteiger partial charge in [-0.2, -0.15) is 4.39 Å². The van der Waals surface area contributed by atoms with E-state index in [-0.39, 0.29) is 34.5 Å². The van der Waals surface area contributed by atoms with Crippen molar-refractivity contribution >= 4 is 38.1 Å². The van der Waals surface area contributed by atoms with E-state index in [0.29, 0.717) is 42.8 Å². The number of sulfonamides is 1. The van der Waals surface area contributed by atoms with E-state index in [1.54, 1.807) is 0 Å². The normalized spacial score (nSPS) is 23.2. The van der Waals surface area contributed by atoms with Gasteiger partial charge in [0.25, 0.3) is 5.91 Å². The van der Waals surface area contributed by atoms with Crippen LogP contribution in [0.1, 0.15) is 37.7 Å². The number of carbonyl (C=O) groups excluding carboxylic acids is 1. The molecule has 0 radical (unpaired) electrons. The second-order valence-electron chi connectivity index (χ2n) is 8.07. The largest absolute Gasteiger partial charge is 0.393 e. The molecule has 2 aromatic rings. The summed E-state index contributed by atoms with van der Waals surface area (Å²) in [4.78, 5) is 22.1. The maximum absolute atomic E-state index is 13.3. The fourth-order valence-corrected chi connectivity index (χ4v) is 5.32. The lowest BCUT2D eigenvalue weighted by Gasteiger charge is -2.13. The van der Waals surface area contributed by atoms with E-state index in [2.05, 4.69) is 20.2 Å². The predicted octanol–water partition coefficient (Wildman–Crippen LogP) is 2.01. The maximum Gasteiger partial charge on any atom is 0.280 e. The fraction of sp³-hybridized carbons (Fsp3) is 0.476. The van der Waals surface area contributed by atoms with Gasteiger partial charge in [-0.25, -0.2) is 18.1 Å². The number of thiazole rings is 1. The molecule has 1 aliphatic heterocycles. The Morgan fingerprint density at radius 1 is 1.29 bits per heavy atom. The van der Waals surface area contributed by atoms with Crippen molar-refractivity contribution in [2.45, 2.75) is 55.3 Å². The third-order valence-electron chi connectivity index (χ3n) is 5.53. The van der Waals surface area contributed by atoms with Gasteiger partial charge in [0.15, 0.2) is 16.0 Å². The molecule has 1 saturated carbocycles. The van der Waals surface area contributed by atoms with E-state index >= 15 is 0 Å². The van der Waals surface area contributed by atoms with E-state index in [4.69, 9.17) is 9.57 Å². The average Bonchev–Trinajstić information content (AvgIpc) is 3.56. The van der Waals surface area contributed by atoms with Gasteiger partial charge in [-0.1, -0.05) is 28.6 Å². The van der Waals surface area contributed by atoms with Gasteiger partial charge in [0.2, 0.25) is 10.0 Å². The second kappa shape index (κ2) is 10.9. The van der Waals surface area contributed by atoms with Crippen molar-refractivity contribution in [1.82, 2.24) is 9.71 Å². The summed E-state index contributed by atoms with van der Waals surface area (Å²) in [6, 6.07) is 5.60. The molecule has 0 bridgehead atoms. The van der Waals surface area contributed by atoms with Crippen molar-refractivity contribution < 1.29 is 32.3 Å². The van der Waals surface area contributed by atoms with Gasteiger partial charge in [-0.05, 0) is 37.8 Å². The van der Waals surface area contributed by atoms with Gasteiger partial charge in [-0.3, -0.25) is 10.1 Å². The zero-order chi connectivity index (χ0) is 24.1. The summed E-state index contributed by atoms with van der Waals surface area (Å²) < 4.78 is 46.5. The lowest BCUT2D eigenvalue weighted by molar-refractivity contribution is -0.110. The predicted molar refractivity (Wildman–Crippen MR) is 123 cm³/mol. The van der Waals surface area contributed by atoms with E-state index in [0.717, 1.165) is 19.0 Å². The smallest absolute Gasteiger partial charge is 0.280 e. The molecule has 1 amide bonds. The first-order valence-corrected chi connectivity index (χ1v) is 13.2. The number of aliphatic hydroxyl groups excluding tert-OH is 1. The summed E-state index contributed by atoms with van der Waals surface area (Å²) in [6.45, 7) is 0.811. The molecule has 4 rings (SSSR count). The molecule has 2 fully saturated rings. The highest BCUT2D eigenvalue weighted by molar-refractivity contribution is 7.89. The first kappa shape index (κ1) is 24.7. The van der Waals surface area contributed by atoms with Gasteiger partial charge < -0.3 is 14.7 Å². The molecule has 1 aromatic heterocycles.